The van der Waals surface area contributed by atoms with Gasteiger partial charge in [-0.25, -0.2) is 0 Å². The van der Waals surface area contributed by atoms with Gasteiger partial charge in [0.05, 0.1) is 6.61 Å². The smallest absolute Gasteiger partial charge is 0.306 e. The Bertz CT molecular complexity index is 1040. The third-order valence-corrected chi connectivity index (χ3v) is 8.35. The van der Waals surface area contributed by atoms with Gasteiger partial charge in [-0.05, 0) is 103 Å². The highest BCUT2D eigenvalue weighted by atomic mass is 16.6. The third kappa shape index (κ3) is 39.6. The van der Waals surface area contributed by atoms with Crippen LogP contribution in [0.3, 0.4) is 0 Å². The molecule has 0 aromatic rings. The summed E-state index contributed by atoms with van der Waals surface area (Å²) in [5.74, 6) is -0.672. The lowest BCUT2D eigenvalue weighted by Crippen LogP contribution is -2.28. The molecule has 0 saturated carbocycles. The van der Waals surface area contributed by atoms with Gasteiger partial charge in [0.2, 0.25) is 0 Å². The largest absolute Gasteiger partial charge is 0.462 e. The van der Waals surface area contributed by atoms with Crippen LogP contribution in [0.1, 0.15) is 168 Å². The van der Waals surface area contributed by atoms with Gasteiger partial charge in [0, 0.05) is 12.8 Å². The molecule has 0 fully saturated rings. The Hall–Kier alpha value is -3.18. The van der Waals surface area contributed by atoms with E-state index >= 15 is 0 Å². The van der Waals surface area contributed by atoms with Crippen LogP contribution in [0.4, 0.5) is 0 Å². The van der Waals surface area contributed by atoms with Gasteiger partial charge in [-0.2, -0.15) is 0 Å². The van der Waals surface area contributed by atoms with E-state index in [9.17, 15) is 14.7 Å². The topological polar surface area (TPSA) is 72.8 Å². The Morgan fingerprint density at radius 1 is 0.442 bits per heavy atom. The van der Waals surface area contributed by atoms with Crippen molar-refractivity contribution in [1.82, 2.24) is 0 Å². The predicted molar refractivity (Wildman–Crippen MR) is 223 cm³/mol. The van der Waals surface area contributed by atoms with E-state index in [0.29, 0.717) is 12.8 Å². The average molecular weight is 721 g/mol. The molecule has 0 aliphatic carbocycles. The maximum absolute atomic E-state index is 12.2. The van der Waals surface area contributed by atoms with Crippen LogP contribution >= 0.6 is 0 Å². The molecule has 0 aliphatic rings. The van der Waals surface area contributed by atoms with E-state index < -0.39 is 6.10 Å². The van der Waals surface area contributed by atoms with Crippen LogP contribution in [0.2, 0.25) is 0 Å². The SMILES string of the molecule is CCCCCC=CCC=CCC=CCC=CCCCCCC(=O)OC[C@H](CO)OC(=O)CCCCCC=CCC=CCC=CCC=CCCCCC. The van der Waals surface area contributed by atoms with Crippen molar-refractivity contribution >= 4 is 11.9 Å². The van der Waals surface area contributed by atoms with E-state index in [1.54, 1.807) is 0 Å². The molecule has 52 heavy (non-hydrogen) atoms. The zero-order chi connectivity index (χ0) is 37.8. The van der Waals surface area contributed by atoms with Crippen LogP contribution in [0, 0.1) is 0 Å². The molecule has 0 bridgehead atoms. The lowest BCUT2D eigenvalue weighted by Gasteiger charge is -2.15. The third-order valence-electron chi connectivity index (χ3n) is 8.35. The molecule has 0 saturated heterocycles. The molecule has 0 unspecified atom stereocenters. The van der Waals surface area contributed by atoms with E-state index in [-0.39, 0.29) is 25.2 Å². The molecule has 0 radical (unpaired) electrons. The number of hydrogen-bond donors (Lipinski definition) is 1. The molecule has 0 aromatic heterocycles. The molecule has 5 heteroatoms. The van der Waals surface area contributed by atoms with Gasteiger partial charge in [0.25, 0.3) is 0 Å². The molecule has 294 valence electrons. The number of carbonyl (C=O) groups is 2. The molecule has 1 atom stereocenters. The van der Waals surface area contributed by atoms with Gasteiger partial charge in [-0.1, -0.05) is 150 Å². The summed E-state index contributed by atoms with van der Waals surface area (Å²) in [6.45, 7) is 4.01. The minimum atomic E-state index is -0.808. The first-order chi connectivity index (χ1) is 25.6. The predicted octanol–water partition coefficient (Wildman–Crippen LogP) is 13.3. The highest BCUT2D eigenvalue weighted by Gasteiger charge is 2.16. The first-order valence-corrected chi connectivity index (χ1v) is 20.8. The highest BCUT2D eigenvalue weighted by Crippen LogP contribution is 2.09. The first-order valence-electron chi connectivity index (χ1n) is 20.8. The Balaban J connectivity index is 3.73. The Kier molecular flexibility index (Phi) is 39.7. The summed E-state index contributed by atoms with van der Waals surface area (Å²) >= 11 is 0. The van der Waals surface area contributed by atoms with Crippen molar-refractivity contribution in [3.8, 4) is 0 Å². The molecule has 0 aliphatic heterocycles. The van der Waals surface area contributed by atoms with Crippen LogP contribution in [-0.4, -0.2) is 36.4 Å². The number of hydrogen-bond acceptors (Lipinski definition) is 5. The zero-order valence-corrected chi connectivity index (χ0v) is 33.3. The highest BCUT2D eigenvalue weighted by molar-refractivity contribution is 5.70. The summed E-state index contributed by atoms with van der Waals surface area (Å²) in [5, 5.41) is 9.56. The van der Waals surface area contributed by atoms with Gasteiger partial charge in [0.1, 0.15) is 6.61 Å². The standard InChI is InChI=1S/C47H76O5/c1-3-5-7-9-11-13-15-17-19-21-23-25-27-29-31-33-35-37-39-41-46(49)51-44-45(43-48)52-47(50)42-40-38-36-34-32-30-28-26-24-22-20-18-16-14-12-10-8-6-4-2/h11-14,17-20,23-26,29-32,45,48H,3-10,15-16,21-22,27-28,33-44H2,1-2H3/t45-/m0/s1. The minimum absolute atomic E-state index is 0.102. The normalized spacial score (nSPS) is 13.2. The zero-order valence-electron chi connectivity index (χ0n) is 33.3. The van der Waals surface area contributed by atoms with E-state index in [1.165, 1.54) is 51.4 Å². The fourth-order valence-electron chi connectivity index (χ4n) is 5.17. The maximum atomic E-state index is 12.2. The monoisotopic (exact) mass is 721 g/mol. The van der Waals surface area contributed by atoms with E-state index in [4.69, 9.17) is 9.47 Å². The summed E-state index contributed by atoms with van der Waals surface area (Å²) in [4.78, 5) is 24.3. The summed E-state index contributed by atoms with van der Waals surface area (Å²) in [6.07, 6.45) is 58.9. The Labute approximate surface area is 319 Å². The fraction of sp³-hybridized carbons (Fsp3) is 0.617. The number of esters is 2. The van der Waals surface area contributed by atoms with E-state index in [1.807, 2.05) is 0 Å². The van der Waals surface area contributed by atoms with Crippen molar-refractivity contribution in [3.05, 3.63) is 97.2 Å². The van der Waals surface area contributed by atoms with Crippen molar-refractivity contribution < 1.29 is 24.2 Å². The minimum Gasteiger partial charge on any atom is -0.462 e. The summed E-state index contributed by atoms with van der Waals surface area (Å²) in [7, 11) is 0. The second-order valence-electron chi connectivity index (χ2n) is 13.4. The van der Waals surface area contributed by atoms with Crippen LogP contribution in [-0.2, 0) is 19.1 Å². The van der Waals surface area contributed by atoms with Crippen LogP contribution in [0.15, 0.2) is 97.2 Å². The second kappa shape index (κ2) is 42.2. The van der Waals surface area contributed by atoms with Crippen LogP contribution < -0.4 is 0 Å². The molecular formula is C47H76O5. The van der Waals surface area contributed by atoms with E-state index in [2.05, 4.69) is 111 Å². The quantitative estimate of drug-likeness (QED) is 0.0396. The number of allylic oxidation sites excluding steroid dienone is 16. The summed E-state index contributed by atoms with van der Waals surface area (Å²) in [5.41, 5.74) is 0. The van der Waals surface area contributed by atoms with Gasteiger partial charge >= 0.3 is 11.9 Å². The van der Waals surface area contributed by atoms with Gasteiger partial charge < -0.3 is 14.6 Å². The lowest BCUT2D eigenvalue weighted by atomic mass is 10.1. The molecule has 5 nitrogen and oxygen atoms in total. The molecule has 0 rings (SSSR count). The van der Waals surface area contributed by atoms with Crippen molar-refractivity contribution in [3.63, 3.8) is 0 Å². The van der Waals surface area contributed by atoms with Crippen LogP contribution in [0.5, 0.6) is 0 Å². The van der Waals surface area contributed by atoms with Gasteiger partial charge in [0.15, 0.2) is 6.10 Å². The summed E-state index contributed by atoms with van der Waals surface area (Å²) < 4.78 is 10.6. The molecule has 1 N–H and O–H groups in total. The molecule has 0 heterocycles. The second-order valence-corrected chi connectivity index (χ2v) is 13.4. The number of aliphatic hydroxyl groups excluding tert-OH is 1. The number of carbonyl (C=O) groups excluding carboxylic acids is 2. The molecular weight excluding hydrogens is 645 g/mol. The molecule has 0 aromatic carbocycles. The Morgan fingerprint density at radius 2 is 0.769 bits per heavy atom. The molecule has 0 amide bonds. The number of rotatable bonds is 36. The van der Waals surface area contributed by atoms with Gasteiger partial charge in [-0.3, -0.25) is 9.59 Å². The number of aliphatic hydroxyl groups is 1. The average Bonchev–Trinajstić information content (AvgIpc) is 3.15. The van der Waals surface area contributed by atoms with Crippen molar-refractivity contribution in [2.45, 2.75) is 174 Å². The number of ether oxygens (including phenoxy) is 2. The van der Waals surface area contributed by atoms with E-state index in [0.717, 1.165) is 89.9 Å². The maximum Gasteiger partial charge on any atom is 0.306 e. The van der Waals surface area contributed by atoms with Crippen molar-refractivity contribution in [2.75, 3.05) is 13.2 Å². The van der Waals surface area contributed by atoms with Crippen molar-refractivity contribution in [2.24, 2.45) is 0 Å². The Morgan fingerprint density at radius 3 is 1.12 bits per heavy atom. The lowest BCUT2D eigenvalue weighted by molar-refractivity contribution is -0.161. The molecule has 0 spiro atoms. The van der Waals surface area contributed by atoms with Gasteiger partial charge in [-0.15, -0.1) is 0 Å². The summed E-state index contributed by atoms with van der Waals surface area (Å²) in [6, 6.07) is 0. The number of unbranched alkanes of at least 4 members (excludes halogenated alkanes) is 12. The first kappa shape index (κ1) is 48.8. The van der Waals surface area contributed by atoms with Crippen LogP contribution in [0.25, 0.3) is 0 Å². The van der Waals surface area contributed by atoms with Crippen molar-refractivity contribution in [1.29, 1.82) is 0 Å². The fourth-order valence-corrected chi connectivity index (χ4v) is 5.17.